The highest BCUT2D eigenvalue weighted by molar-refractivity contribution is 5.85. The molecule has 0 bridgehead atoms. The van der Waals surface area contributed by atoms with Gasteiger partial charge in [-0.1, -0.05) is 54.6 Å². The summed E-state index contributed by atoms with van der Waals surface area (Å²) in [6.45, 7) is 4.37. The lowest BCUT2D eigenvalue weighted by Crippen LogP contribution is -2.49. The van der Waals surface area contributed by atoms with E-state index in [0.29, 0.717) is 0 Å². The maximum absolute atomic E-state index is 12.8. The molecule has 1 unspecified atom stereocenters. The molecule has 0 fully saturated rings. The van der Waals surface area contributed by atoms with Crippen LogP contribution in [0.1, 0.15) is 23.6 Å². The summed E-state index contributed by atoms with van der Waals surface area (Å²) in [6, 6.07) is 18.6. The van der Waals surface area contributed by atoms with Crippen LogP contribution in [0.5, 0.6) is 0 Å². The standard InChI is InChI=1S/C20H24N2O.ClH/c1-2-22(13-12-16-8-4-3-5-9-16)20(23)19-14-17-10-6-7-11-18(17)15-21-19;/h3-11,19,21H,2,12-15H2,1H3;1H. The number of likely N-dealkylation sites (N-methyl/N-ethyl adjacent to an activating group) is 1. The van der Waals surface area contributed by atoms with Crippen molar-refractivity contribution in [3.8, 4) is 0 Å². The minimum absolute atomic E-state index is 0. The lowest BCUT2D eigenvalue weighted by molar-refractivity contribution is -0.133. The number of nitrogens with zero attached hydrogens (tertiary/aromatic N) is 1. The highest BCUT2D eigenvalue weighted by Gasteiger charge is 2.27. The van der Waals surface area contributed by atoms with Gasteiger partial charge in [-0.05, 0) is 36.5 Å². The monoisotopic (exact) mass is 344 g/mol. The van der Waals surface area contributed by atoms with Gasteiger partial charge in [0.25, 0.3) is 0 Å². The number of carbonyl (C=O) groups is 1. The van der Waals surface area contributed by atoms with E-state index in [4.69, 9.17) is 0 Å². The van der Waals surface area contributed by atoms with E-state index < -0.39 is 0 Å². The number of amides is 1. The van der Waals surface area contributed by atoms with Gasteiger partial charge in [-0.2, -0.15) is 0 Å². The summed E-state index contributed by atoms with van der Waals surface area (Å²) in [4.78, 5) is 14.8. The van der Waals surface area contributed by atoms with Gasteiger partial charge in [-0.3, -0.25) is 4.79 Å². The Balaban J connectivity index is 0.00000208. The molecule has 0 saturated carbocycles. The van der Waals surface area contributed by atoms with E-state index >= 15 is 0 Å². The average molecular weight is 345 g/mol. The van der Waals surface area contributed by atoms with Crippen molar-refractivity contribution in [2.24, 2.45) is 0 Å². The predicted molar refractivity (Wildman–Crippen MR) is 100 cm³/mol. The number of hydrogen-bond donors (Lipinski definition) is 1. The van der Waals surface area contributed by atoms with E-state index in [1.807, 2.05) is 23.1 Å². The Bertz CT molecular complexity index is 660. The van der Waals surface area contributed by atoms with Crippen molar-refractivity contribution < 1.29 is 4.79 Å². The lowest BCUT2D eigenvalue weighted by Gasteiger charge is -2.30. The maximum atomic E-state index is 12.8. The van der Waals surface area contributed by atoms with Crippen molar-refractivity contribution >= 4 is 18.3 Å². The zero-order valence-corrected chi connectivity index (χ0v) is 14.9. The van der Waals surface area contributed by atoms with E-state index in [1.54, 1.807) is 0 Å². The van der Waals surface area contributed by atoms with E-state index in [0.717, 1.165) is 32.5 Å². The van der Waals surface area contributed by atoms with Crippen LogP contribution >= 0.6 is 12.4 Å². The highest BCUT2D eigenvalue weighted by atomic mass is 35.5. The third-order valence-corrected chi connectivity index (χ3v) is 4.59. The van der Waals surface area contributed by atoms with Crippen LogP contribution in [0.3, 0.4) is 0 Å². The van der Waals surface area contributed by atoms with Gasteiger partial charge in [0.2, 0.25) is 5.91 Å². The molecule has 0 radical (unpaired) electrons. The first kappa shape index (κ1) is 18.5. The fraction of sp³-hybridized carbons (Fsp3) is 0.350. The number of hydrogen-bond acceptors (Lipinski definition) is 2. The maximum Gasteiger partial charge on any atom is 0.240 e. The summed E-state index contributed by atoms with van der Waals surface area (Å²) in [5, 5.41) is 3.40. The summed E-state index contributed by atoms with van der Waals surface area (Å²) < 4.78 is 0. The molecule has 1 aliphatic heterocycles. The van der Waals surface area contributed by atoms with Crippen LogP contribution in [0.15, 0.2) is 54.6 Å². The van der Waals surface area contributed by atoms with Crippen molar-refractivity contribution in [1.29, 1.82) is 0 Å². The van der Waals surface area contributed by atoms with Crippen LogP contribution in [0.2, 0.25) is 0 Å². The number of fused-ring (bicyclic) bond motifs is 1. The zero-order chi connectivity index (χ0) is 16.1. The number of halogens is 1. The molecule has 128 valence electrons. The quantitative estimate of drug-likeness (QED) is 0.903. The second-order valence-corrected chi connectivity index (χ2v) is 6.06. The molecule has 24 heavy (non-hydrogen) atoms. The van der Waals surface area contributed by atoms with Crippen LogP contribution in [0.4, 0.5) is 0 Å². The number of nitrogens with one attached hydrogen (secondary N) is 1. The van der Waals surface area contributed by atoms with Crippen molar-refractivity contribution in [3.63, 3.8) is 0 Å². The van der Waals surface area contributed by atoms with E-state index in [9.17, 15) is 4.79 Å². The Morgan fingerprint density at radius 1 is 1.08 bits per heavy atom. The molecule has 3 rings (SSSR count). The Labute approximate surface area is 150 Å². The second kappa shape index (κ2) is 8.86. The van der Waals surface area contributed by atoms with Crippen LogP contribution < -0.4 is 5.32 Å². The van der Waals surface area contributed by atoms with E-state index in [2.05, 4.69) is 48.6 Å². The Morgan fingerprint density at radius 2 is 1.75 bits per heavy atom. The number of carbonyl (C=O) groups excluding carboxylic acids is 1. The molecule has 0 aromatic heterocycles. The number of rotatable bonds is 5. The highest BCUT2D eigenvalue weighted by Crippen LogP contribution is 2.17. The molecule has 1 aliphatic rings. The molecule has 0 aliphatic carbocycles. The van der Waals surface area contributed by atoms with Gasteiger partial charge >= 0.3 is 0 Å². The van der Waals surface area contributed by atoms with Crippen LogP contribution in [-0.4, -0.2) is 29.9 Å². The van der Waals surface area contributed by atoms with E-state index in [-0.39, 0.29) is 24.4 Å². The van der Waals surface area contributed by atoms with Crippen LogP contribution in [-0.2, 0) is 24.2 Å². The van der Waals surface area contributed by atoms with Crippen molar-refractivity contribution in [2.45, 2.75) is 32.4 Å². The fourth-order valence-corrected chi connectivity index (χ4v) is 3.18. The summed E-state index contributed by atoms with van der Waals surface area (Å²) in [7, 11) is 0. The van der Waals surface area contributed by atoms with Crippen LogP contribution in [0.25, 0.3) is 0 Å². The molecule has 2 aromatic rings. The summed E-state index contributed by atoms with van der Waals surface area (Å²) in [6.07, 6.45) is 1.70. The van der Waals surface area contributed by atoms with Crippen LogP contribution in [0, 0.1) is 0 Å². The molecule has 2 aromatic carbocycles. The van der Waals surface area contributed by atoms with Crippen molar-refractivity contribution in [3.05, 3.63) is 71.3 Å². The molecule has 1 amide bonds. The first-order valence-electron chi connectivity index (χ1n) is 8.41. The molecular formula is C20H25ClN2O. The van der Waals surface area contributed by atoms with Gasteiger partial charge in [-0.15, -0.1) is 12.4 Å². The fourth-order valence-electron chi connectivity index (χ4n) is 3.18. The van der Waals surface area contributed by atoms with Crippen molar-refractivity contribution in [1.82, 2.24) is 10.2 Å². The molecule has 1 atom stereocenters. The molecule has 0 spiro atoms. The Hall–Kier alpha value is -1.84. The van der Waals surface area contributed by atoms with Gasteiger partial charge in [0.1, 0.15) is 0 Å². The normalized spacial score (nSPS) is 16.0. The van der Waals surface area contributed by atoms with Gasteiger partial charge in [0.05, 0.1) is 6.04 Å². The SMILES string of the molecule is CCN(CCc1ccccc1)C(=O)C1Cc2ccccc2CN1.Cl. The van der Waals surface area contributed by atoms with Gasteiger partial charge in [-0.25, -0.2) is 0 Å². The third-order valence-electron chi connectivity index (χ3n) is 4.59. The summed E-state index contributed by atoms with van der Waals surface area (Å²) in [5.74, 6) is 0.220. The van der Waals surface area contributed by atoms with Gasteiger partial charge in [0, 0.05) is 19.6 Å². The average Bonchev–Trinajstić information content (AvgIpc) is 2.62. The molecule has 1 heterocycles. The molecule has 0 saturated heterocycles. The topological polar surface area (TPSA) is 32.3 Å². The molecule has 1 N–H and O–H groups in total. The minimum atomic E-state index is -0.0966. The van der Waals surface area contributed by atoms with Gasteiger partial charge in [0.15, 0.2) is 0 Å². The van der Waals surface area contributed by atoms with E-state index in [1.165, 1.54) is 16.7 Å². The molecule has 4 heteroatoms. The molecule has 3 nitrogen and oxygen atoms in total. The second-order valence-electron chi connectivity index (χ2n) is 6.06. The zero-order valence-electron chi connectivity index (χ0n) is 14.1. The molecular weight excluding hydrogens is 320 g/mol. The van der Waals surface area contributed by atoms with Gasteiger partial charge < -0.3 is 10.2 Å². The minimum Gasteiger partial charge on any atom is -0.341 e. The lowest BCUT2D eigenvalue weighted by atomic mass is 9.95. The Kier molecular flexibility index (Phi) is 6.83. The largest absolute Gasteiger partial charge is 0.341 e. The van der Waals surface area contributed by atoms with Crippen molar-refractivity contribution in [2.75, 3.05) is 13.1 Å². The smallest absolute Gasteiger partial charge is 0.240 e. The third kappa shape index (κ3) is 4.37. The first-order chi connectivity index (χ1) is 11.3. The number of benzene rings is 2. The Morgan fingerprint density at radius 3 is 2.46 bits per heavy atom. The summed E-state index contributed by atoms with van der Waals surface area (Å²) in [5.41, 5.74) is 3.88. The first-order valence-corrected chi connectivity index (χ1v) is 8.41. The predicted octanol–water partition coefficient (Wildman–Crippen LogP) is 3.21. The summed E-state index contributed by atoms with van der Waals surface area (Å²) >= 11 is 0.